The average Bonchev–Trinajstić information content (AvgIpc) is 2.13. The Hall–Kier alpha value is -1.31. The number of allylic oxidation sites excluding steroid dienone is 5. The average molecular weight is 150 g/mol. The van der Waals surface area contributed by atoms with Crippen LogP contribution in [0.4, 0.5) is 0 Å². The zero-order valence-corrected chi connectivity index (χ0v) is 6.37. The molecule has 0 radical (unpaired) electrons. The number of ketones is 1. The van der Waals surface area contributed by atoms with Crippen LogP contribution in [0.25, 0.3) is 0 Å². The second-order valence-electron chi connectivity index (χ2n) is 2.39. The Morgan fingerprint density at radius 1 is 1.64 bits per heavy atom. The normalized spacial score (nSPS) is 16.8. The largest absolute Gasteiger partial charge is 0.508 e. The molecule has 0 aliphatic heterocycles. The Balaban J connectivity index is 2.98. The predicted molar refractivity (Wildman–Crippen MR) is 43.2 cm³/mol. The van der Waals surface area contributed by atoms with Crippen LogP contribution in [-0.2, 0) is 4.79 Å². The lowest BCUT2D eigenvalue weighted by atomic mass is 10.1. The van der Waals surface area contributed by atoms with E-state index in [4.69, 9.17) is 0 Å². The van der Waals surface area contributed by atoms with Crippen LogP contribution in [0.5, 0.6) is 0 Å². The second kappa shape index (κ2) is 3.19. The molecular formula is C9H10O2. The van der Waals surface area contributed by atoms with Crippen molar-refractivity contribution in [1.29, 1.82) is 0 Å². The maximum Gasteiger partial charge on any atom is 0.163 e. The van der Waals surface area contributed by atoms with E-state index in [1.165, 1.54) is 6.92 Å². The lowest BCUT2D eigenvalue weighted by molar-refractivity contribution is -0.113. The molecular weight excluding hydrogens is 140 g/mol. The van der Waals surface area contributed by atoms with E-state index in [1.54, 1.807) is 18.2 Å². The molecule has 0 bridgehead atoms. The highest BCUT2D eigenvalue weighted by Crippen LogP contribution is 2.12. The van der Waals surface area contributed by atoms with E-state index in [0.29, 0.717) is 12.0 Å². The molecule has 0 amide bonds. The van der Waals surface area contributed by atoms with Crippen LogP contribution in [0, 0.1) is 0 Å². The highest BCUT2D eigenvalue weighted by Gasteiger charge is 2.07. The van der Waals surface area contributed by atoms with Crippen molar-refractivity contribution in [3.63, 3.8) is 0 Å². The van der Waals surface area contributed by atoms with Crippen LogP contribution in [0.3, 0.4) is 0 Å². The molecule has 2 heteroatoms. The Labute approximate surface area is 65.5 Å². The fourth-order valence-electron chi connectivity index (χ4n) is 0.916. The van der Waals surface area contributed by atoms with Gasteiger partial charge in [-0.15, -0.1) is 0 Å². The van der Waals surface area contributed by atoms with Gasteiger partial charge in [0.2, 0.25) is 0 Å². The van der Waals surface area contributed by atoms with Crippen molar-refractivity contribution < 1.29 is 9.90 Å². The second-order valence-corrected chi connectivity index (χ2v) is 2.39. The van der Waals surface area contributed by atoms with Crippen LogP contribution in [0.2, 0.25) is 0 Å². The summed E-state index contributed by atoms with van der Waals surface area (Å²) in [6.45, 7) is 1.44. The van der Waals surface area contributed by atoms with Gasteiger partial charge in [-0.25, -0.2) is 0 Å². The monoisotopic (exact) mass is 150 g/mol. The van der Waals surface area contributed by atoms with E-state index >= 15 is 0 Å². The van der Waals surface area contributed by atoms with Crippen LogP contribution in [-0.4, -0.2) is 10.9 Å². The first kappa shape index (κ1) is 7.79. The fraction of sp³-hybridized carbons (Fsp3) is 0.222. The SMILES string of the molecule is CC(=O)C1=CC=CCC=C1O. The first-order valence-corrected chi connectivity index (χ1v) is 3.49. The summed E-state index contributed by atoms with van der Waals surface area (Å²) in [6, 6.07) is 0. The van der Waals surface area contributed by atoms with Crippen molar-refractivity contribution in [3.8, 4) is 0 Å². The predicted octanol–water partition coefficient (Wildman–Crippen LogP) is 1.90. The standard InChI is InChI=1S/C9H10O2/c1-7(10)8-5-3-2-4-6-9(8)11/h2-3,5-6,11H,4H2,1H3. The lowest BCUT2D eigenvalue weighted by Gasteiger charge is -1.98. The highest BCUT2D eigenvalue weighted by atomic mass is 16.3. The van der Waals surface area contributed by atoms with Crippen molar-refractivity contribution in [1.82, 2.24) is 0 Å². The van der Waals surface area contributed by atoms with Crippen molar-refractivity contribution in [2.45, 2.75) is 13.3 Å². The summed E-state index contributed by atoms with van der Waals surface area (Å²) in [4.78, 5) is 10.9. The lowest BCUT2D eigenvalue weighted by Crippen LogP contribution is -1.98. The number of aliphatic hydroxyl groups is 1. The summed E-state index contributed by atoms with van der Waals surface area (Å²) in [5, 5.41) is 9.25. The van der Waals surface area contributed by atoms with E-state index in [-0.39, 0.29) is 11.5 Å². The summed E-state index contributed by atoms with van der Waals surface area (Å²) < 4.78 is 0. The molecule has 0 saturated carbocycles. The molecule has 0 fully saturated rings. The van der Waals surface area contributed by atoms with Crippen molar-refractivity contribution in [2.24, 2.45) is 0 Å². The number of carbonyl (C=O) groups excluding carboxylic acids is 1. The van der Waals surface area contributed by atoms with Gasteiger partial charge in [-0.3, -0.25) is 4.79 Å². The van der Waals surface area contributed by atoms with Gasteiger partial charge in [-0.05, 0) is 25.5 Å². The summed E-state index contributed by atoms with van der Waals surface area (Å²) >= 11 is 0. The molecule has 1 rings (SSSR count). The van der Waals surface area contributed by atoms with Crippen molar-refractivity contribution in [3.05, 3.63) is 35.6 Å². The Morgan fingerprint density at radius 2 is 2.36 bits per heavy atom. The number of hydrogen-bond acceptors (Lipinski definition) is 2. The van der Waals surface area contributed by atoms with Crippen molar-refractivity contribution in [2.75, 3.05) is 0 Å². The quantitative estimate of drug-likeness (QED) is 0.619. The zero-order valence-electron chi connectivity index (χ0n) is 6.37. The molecule has 0 aromatic heterocycles. The van der Waals surface area contributed by atoms with Gasteiger partial charge in [0.15, 0.2) is 5.78 Å². The van der Waals surface area contributed by atoms with Gasteiger partial charge in [0.1, 0.15) is 5.76 Å². The number of aliphatic hydroxyl groups excluding tert-OH is 1. The minimum Gasteiger partial charge on any atom is -0.508 e. The number of hydrogen-bond donors (Lipinski definition) is 1. The van der Waals surface area contributed by atoms with E-state index in [0.717, 1.165) is 0 Å². The molecule has 11 heavy (non-hydrogen) atoms. The van der Waals surface area contributed by atoms with Crippen LogP contribution >= 0.6 is 0 Å². The fourth-order valence-corrected chi connectivity index (χ4v) is 0.916. The molecule has 58 valence electrons. The number of Topliss-reactive ketones (excluding diaryl/α,β-unsaturated/α-hetero) is 1. The van der Waals surface area contributed by atoms with Gasteiger partial charge in [-0.2, -0.15) is 0 Å². The van der Waals surface area contributed by atoms with Gasteiger partial charge >= 0.3 is 0 Å². The van der Waals surface area contributed by atoms with Crippen LogP contribution < -0.4 is 0 Å². The molecule has 0 aromatic carbocycles. The number of rotatable bonds is 1. The third kappa shape index (κ3) is 1.80. The third-order valence-electron chi connectivity index (χ3n) is 1.50. The van der Waals surface area contributed by atoms with Crippen LogP contribution in [0.1, 0.15) is 13.3 Å². The Bertz CT molecular complexity index is 257. The van der Waals surface area contributed by atoms with E-state index in [2.05, 4.69) is 0 Å². The Kier molecular flexibility index (Phi) is 2.26. The first-order valence-electron chi connectivity index (χ1n) is 3.49. The highest BCUT2D eigenvalue weighted by molar-refractivity contribution is 5.97. The summed E-state index contributed by atoms with van der Waals surface area (Å²) in [7, 11) is 0. The Morgan fingerprint density at radius 3 is 3.00 bits per heavy atom. The molecule has 0 heterocycles. The molecule has 2 nitrogen and oxygen atoms in total. The third-order valence-corrected chi connectivity index (χ3v) is 1.50. The maximum atomic E-state index is 10.9. The molecule has 1 aliphatic rings. The minimum atomic E-state index is -0.106. The van der Waals surface area contributed by atoms with Gasteiger partial charge in [0.25, 0.3) is 0 Å². The van der Waals surface area contributed by atoms with Gasteiger partial charge in [0, 0.05) is 0 Å². The van der Waals surface area contributed by atoms with Gasteiger partial charge in [0.05, 0.1) is 5.57 Å². The molecule has 0 saturated heterocycles. The van der Waals surface area contributed by atoms with E-state index < -0.39 is 0 Å². The summed E-state index contributed by atoms with van der Waals surface area (Å²) in [5.41, 5.74) is 0.388. The van der Waals surface area contributed by atoms with E-state index in [1.807, 2.05) is 6.08 Å². The van der Waals surface area contributed by atoms with E-state index in [9.17, 15) is 9.90 Å². The van der Waals surface area contributed by atoms with Crippen molar-refractivity contribution >= 4 is 5.78 Å². The molecule has 0 unspecified atom stereocenters. The maximum absolute atomic E-state index is 10.9. The van der Waals surface area contributed by atoms with Crippen LogP contribution in [0.15, 0.2) is 35.6 Å². The molecule has 1 aliphatic carbocycles. The molecule has 0 atom stereocenters. The summed E-state index contributed by atoms with van der Waals surface area (Å²) in [5.74, 6) is -0.0206. The summed E-state index contributed by atoms with van der Waals surface area (Å²) in [6.07, 6.45) is 7.58. The molecule has 1 N–H and O–H groups in total. The minimum absolute atomic E-state index is 0.0856. The van der Waals surface area contributed by atoms with Gasteiger partial charge < -0.3 is 5.11 Å². The molecule has 0 spiro atoms. The van der Waals surface area contributed by atoms with Gasteiger partial charge in [-0.1, -0.05) is 12.2 Å². The first-order chi connectivity index (χ1) is 5.22. The zero-order chi connectivity index (χ0) is 8.27. The topological polar surface area (TPSA) is 37.3 Å². The molecule has 0 aromatic rings. The number of carbonyl (C=O) groups is 1. The smallest absolute Gasteiger partial charge is 0.163 e.